The number of para-hydroxylation sites is 2. The Morgan fingerprint density at radius 3 is 2.48 bits per heavy atom. The Balaban J connectivity index is 1.83. The number of anilines is 2. The summed E-state index contributed by atoms with van der Waals surface area (Å²) < 4.78 is 0. The maximum atomic E-state index is 12.7. The molecule has 114 valence electrons. The first-order chi connectivity index (χ1) is 11.2. The van der Waals surface area contributed by atoms with Gasteiger partial charge in [0.15, 0.2) is 0 Å². The van der Waals surface area contributed by atoms with Crippen LogP contribution in [0.4, 0.5) is 11.4 Å². The van der Waals surface area contributed by atoms with Crippen LogP contribution in [0.3, 0.4) is 0 Å². The van der Waals surface area contributed by atoms with E-state index in [1.54, 1.807) is 24.1 Å². The second kappa shape index (κ2) is 5.05. The van der Waals surface area contributed by atoms with Gasteiger partial charge in [0.05, 0.1) is 11.4 Å². The highest BCUT2D eigenvalue weighted by atomic mass is 16.2. The second-order valence-electron chi connectivity index (χ2n) is 5.73. The standard InChI is InChI=1S/C18H15N3O2/c1-11-15-17(23)16(22)13-9-5-6-10-14(13)19-18(15)21(20-11)12-7-3-2-4-8-12/h2-10,15,18-19H,1H3/t15-,18-/m1/s1. The normalized spacial score (nSPS) is 22.8. The Morgan fingerprint density at radius 1 is 1.00 bits per heavy atom. The van der Waals surface area contributed by atoms with E-state index in [-0.39, 0.29) is 0 Å². The van der Waals surface area contributed by atoms with Crippen LogP contribution in [0.2, 0.25) is 0 Å². The first-order valence-electron chi connectivity index (χ1n) is 7.50. The maximum absolute atomic E-state index is 12.7. The van der Waals surface area contributed by atoms with E-state index in [0.29, 0.717) is 17.0 Å². The molecule has 2 aliphatic heterocycles. The number of nitrogens with one attached hydrogen (secondary N) is 1. The minimum absolute atomic E-state index is 0.391. The highest BCUT2D eigenvalue weighted by molar-refractivity contribution is 6.49. The maximum Gasteiger partial charge on any atom is 0.231 e. The Bertz CT molecular complexity index is 829. The summed E-state index contributed by atoms with van der Waals surface area (Å²) in [7, 11) is 0. The van der Waals surface area contributed by atoms with Crippen LogP contribution in [0.25, 0.3) is 0 Å². The predicted octanol–water partition coefficient (Wildman–Crippen LogP) is 2.70. The van der Waals surface area contributed by atoms with Crippen LogP contribution in [-0.2, 0) is 4.79 Å². The number of nitrogens with zero attached hydrogens (tertiary/aromatic N) is 2. The third-order valence-corrected chi connectivity index (χ3v) is 4.30. The number of rotatable bonds is 1. The number of Topliss-reactive ketones (excluding diaryl/α,β-unsaturated/α-hetero) is 2. The van der Waals surface area contributed by atoms with Crippen LogP contribution < -0.4 is 10.3 Å². The quantitative estimate of drug-likeness (QED) is 0.823. The van der Waals surface area contributed by atoms with Gasteiger partial charge in [0.25, 0.3) is 0 Å². The summed E-state index contributed by atoms with van der Waals surface area (Å²) in [5.74, 6) is -1.44. The van der Waals surface area contributed by atoms with E-state index < -0.39 is 23.7 Å². The van der Waals surface area contributed by atoms with Crippen LogP contribution >= 0.6 is 0 Å². The Morgan fingerprint density at radius 2 is 1.70 bits per heavy atom. The zero-order valence-electron chi connectivity index (χ0n) is 12.6. The molecule has 0 saturated heterocycles. The van der Waals surface area contributed by atoms with Crippen molar-refractivity contribution in [3.63, 3.8) is 0 Å². The van der Waals surface area contributed by atoms with Gasteiger partial charge in [-0.3, -0.25) is 9.59 Å². The number of hydrazone groups is 1. The molecule has 0 unspecified atom stereocenters. The van der Waals surface area contributed by atoms with Gasteiger partial charge in [0.2, 0.25) is 11.6 Å². The van der Waals surface area contributed by atoms with Crippen molar-refractivity contribution in [1.29, 1.82) is 0 Å². The third-order valence-electron chi connectivity index (χ3n) is 4.30. The van der Waals surface area contributed by atoms with Gasteiger partial charge in [-0.15, -0.1) is 0 Å². The molecule has 5 heteroatoms. The number of carbonyl (C=O) groups excluding carboxylic acids is 2. The molecule has 0 aliphatic carbocycles. The molecule has 0 saturated carbocycles. The fourth-order valence-corrected chi connectivity index (χ4v) is 3.18. The number of hydrogen-bond donors (Lipinski definition) is 1. The van der Waals surface area contributed by atoms with Crippen molar-refractivity contribution < 1.29 is 9.59 Å². The summed E-state index contributed by atoms with van der Waals surface area (Å²) in [6.45, 7) is 1.80. The molecule has 2 aromatic rings. The highest BCUT2D eigenvalue weighted by Gasteiger charge is 2.46. The first-order valence-corrected chi connectivity index (χ1v) is 7.50. The number of benzene rings is 2. The summed E-state index contributed by atoms with van der Waals surface area (Å²) in [4.78, 5) is 25.2. The van der Waals surface area contributed by atoms with E-state index in [9.17, 15) is 9.59 Å². The lowest BCUT2D eigenvalue weighted by atomic mass is 9.93. The Labute approximate surface area is 133 Å². The minimum Gasteiger partial charge on any atom is -0.362 e. The molecule has 0 spiro atoms. The van der Waals surface area contributed by atoms with Gasteiger partial charge in [0.1, 0.15) is 12.1 Å². The van der Waals surface area contributed by atoms with Crippen molar-refractivity contribution in [2.24, 2.45) is 11.0 Å². The number of carbonyl (C=O) groups is 2. The molecule has 23 heavy (non-hydrogen) atoms. The van der Waals surface area contributed by atoms with E-state index in [2.05, 4.69) is 10.4 Å². The summed E-state index contributed by atoms with van der Waals surface area (Å²) in [5, 5.41) is 9.63. The molecule has 2 aromatic carbocycles. The summed E-state index contributed by atoms with van der Waals surface area (Å²) in [6.07, 6.45) is -0.391. The number of hydrogen-bond acceptors (Lipinski definition) is 5. The van der Waals surface area contributed by atoms with Crippen molar-refractivity contribution in [2.45, 2.75) is 13.1 Å². The fraction of sp³-hybridized carbons (Fsp3) is 0.167. The smallest absolute Gasteiger partial charge is 0.231 e. The molecular weight excluding hydrogens is 290 g/mol. The van der Waals surface area contributed by atoms with Crippen molar-refractivity contribution >= 4 is 28.7 Å². The average Bonchev–Trinajstić information content (AvgIpc) is 2.85. The zero-order valence-corrected chi connectivity index (χ0v) is 12.6. The zero-order chi connectivity index (χ0) is 16.0. The molecule has 0 fully saturated rings. The molecule has 0 aromatic heterocycles. The molecule has 4 rings (SSSR count). The summed E-state index contributed by atoms with van der Waals surface area (Å²) in [6, 6.07) is 16.8. The molecular formula is C18H15N3O2. The lowest BCUT2D eigenvalue weighted by Crippen LogP contribution is -2.43. The molecule has 0 radical (unpaired) electrons. The molecule has 1 N–H and O–H groups in total. The van der Waals surface area contributed by atoms with Gasteiger partial charge in [-0.05, 0) is 31.2 Å². The molecule has 0 amide bonds. The van der Waals surface area contributed by atoms with Gasteiger partial charge in [-0.1, -0.05) is 30.3 Å². The average molecular weight is 305 g/mol. The van der Waals surface area contributed by atoms with Crippen molar-refractivity contribution in [3.8, 4) is 0 Å². The van der Waals surface area contributed by atoms with E-state index in [1.165, 1.54) is 0 Å². The van der Waals surface area contributed by atoms with Crippen LogP contribution in [0.15, 0.2) is 59.7 Å². The number of ketones is 2. The topological polar surface area (TPSA) is 61.8 Å². The van der Waals surface area contributed by atoms with Crippen LogP contribution in [-0.4, -0.2) is 23.4 Å². The summed E-state index contributed by atoms with van der Waals surface area (Å²) in [5.41, 5.74) is 2.63. The van der Waals surface area contributed by atoms with Crippen LogP contribution in [0.1, 0.15) is 17.3 Å². The van der Waals surface area contributed by atoms with Crippen molar-refractivity contribution in [1.82, 2.24) is 0 Å². The minimum atomic E-state index is -0.574. The lowest BCUT2D eigenvalue weighted by Gasteiger charge is -2.27. The van der Waals surface area contributed by atoms with E-state index in [0.717, 1.165) is 5.69 Å². The van der Waals surface area contributed by atoms with E-state index in [4.69, 9.17) is 0 Å². The Hall–Kier alpha value is -2.95. The monoisotopic (exact) mass is 305 g/mol. The van der Waals surface area contributed by atoms with Crippen molar-refractivity contribution in [3.05, 3.63) is 60.2 Å². The molecule has 2 aliphatic rings. The molecule has 5 nitrogen and oxygen atoms in total. The first kappa shape index (κ1) is 13.7. The van der Waals surface area contributed by atoms with Gasteiger partial charge in [0, 0.05) is 11.3 Å². The highest BCUT2D eigenvalue weighted by Crippen LogP contribution is 2.34. The van der Waals surface area contributed by atoms with E-state index in [1.807, 2.05) is 42.5 Å². The molecule has 0 bridgehead atoms. The van der Waals surface area contributed by atoms with Gasteiger partial charge < -0.3 is 5.32 Å². The predicted molar refractivity (Wildman–Crippen MR) is 88.7 cm³/mol. The summed E-state index contributed by atoms with van der Waals surface area (Å²) >= 11 is 0. The largest absolute Gasteiger partial charge is 0.362 e. The van der Waals surface area contributed by atoms with Crippen LogP contribution in [0, 0.1) is 5.92 Å². The fourth-order valence-electron chi connectivity index (χ4n) is 3.18. The van der Waals surface area contributed by atoms with E-state index >= 15 is 0 Å². The molecule has 2 heterocycles. The molecule has 2 atom stereocenters. The van der Waals surface area contributed by atoms with Gasteiger partial charge in [-0.2, -0.15) is 5.10 Å². The van der Waals surface area contributed by atoms with Crippen LogP contribution in [0.5, 0.6) is 0 Å². The SMILES string of the molecule is CC1=NN(c2ccccc2)[C@H]2Nc3ccccc3C(=O)C(=O)[C@@H]12. The lowest BCUT2D eigenvalue weighted by molar-refractivity contribution is -0.116. The van der Waals surface area contributed by atoms with Crippen molar-refractivity contribution in [2.75, 3.05) is 10.3 Å². The second-order valence-corrected chi connectivity index (χ2v) is 5.73. The van der Waals surface area contributed by atoms with Gasteiger partial charge >= 0.3 is 0 Å². The third kappa shape index (κ3) is 2.04. The Kier molecular flexibility index (Phi) is 3.01. The van der Waals surface area contributed by atoms with Gasteiger partial charge in [-0.25, -0.2) is 5.01 Å². The number of fused-ring (bicyclic) bond motifs is 2.